The number of aromatic nitrogens is 2. The number of anilines is 1. The molecule has 0 saturated carbocycles. The van der Waals surface area contributed by atoms with Gasteiger partial charge in [-0.25, -0.2) is 9.97 Å². The maximum Gasteiger partial charge on any atom is 0.300 e. The highest BCUT2D eigenvalue weighted by molar-refractivity contribution is 9.10. The van der Waals surface area contributed by atoms with E-state index in [9.17, 15) is 8.42 Å². The molecule has 1 rings (SSSR count). The first-order valence-electron chi connectivity index (χ1n) is 6.59. The maximum absolute atomic E-state index is 11.9. The molecular weight excluding hydrogens is 380 g/mol. The first-order chi connectivity index (χ1) is 10.5. The molecule has 0 fully saturated rings. The van der Waals surface area contributed by atoms with Crippen LogP contribution in [0.1, 0.15) is 13.3 Å². The van der Waals surface area contributed by atoms with Crippen molar-refractivity contribution >= 4 is 32.0 Å². The fraction of sp³-hybridized carbons (Fsp3) is 0.636. The van der Waals surface area contributed by atoms with Crippen LogP contribution in [0.2, 0.25) is 0 Å². The van der Waals surface area contributed by atoms with Crippen LogP contribution in [0.5, 0.6) is 5.88 Å². The lowest BCUT2D eigenvalue weighted by Gasteiger charge is -2.11. The van der Waals surface area contributed by atoms with Crippen molar-refractivity contribution in [2.75, 3.05) is 37.7 Å². The van der Waals surface area contributed by atoms with Gasteiger partial charge >= 0.3 is 0 Å². The van der Waals surface area contributed by atoms with Gasteiger partial charge in [-0.05, 0) is 29.3 Å². The molecule has 0 spiro atoms. The van der Waals surface area contributed by atoms with Crippen LogP contribution >= 0.6 is 15.9 Å². The monoisotopic (exact) mass is 398 g/mol. The van der Waals surface area contributed by atoms with Gasteiger partial charge in [0.05, 0.1) is 6.61 Å². The Morgan fingerprint density at radius 3 is 2.82 bits per heavy atom. The molecule has 0 amide bonds. The third-order valence-corrected chi connectivity index (χ3v) is 4.04. The van der Waals surface area contributed by atoms with Crippen LogP contribution in [-0.4, -0.2) is 56.5 Å². The zero-order valence-corrected chi connectivity index (χ0v) is 14.5. The van der Waals surface area contributed by atoms with E-state index in [-0.39, 0.29) is 35.9 Å². The van der Waals surface area contributed by atoms with Crippen LogP contribution in [0.25, 0.3) is 0 Å². The third kappa shape index (κ3) is 6.83. The Balaban J connectivity index is 2.61. The van der Waals surface area contributed by atoms with Crippen molar-refractivity contribution in [2.24, 2.45) is 0 Å². The van der Waals surface area contributed by atoms with E-state index >= 15 is 0 Å². The number of hydrogen-bond acceptors (Lipinski definition) is 7. The maximum atomic E-state index is 11.9. The predicted molar refractivity (Wildman–Crippen MR) is 84.0 cm³/mol. The molecule has 0 aliphatic carbocycles. The molecule has 0 aromatic carbocycles. The second-order valence-electron chi connectivity index (χ2n) is 3.96. The van der Waals surface area contributed by atoms with E-state index in [4.69, 9.17) is 14.6 Å². The van der Waals surface area contributed by atoms with Crippen molar-refractivity contribution in [3.8, 4) is 5.88 Å². The van der Waals surface area contributed by atoms with Gasteiger partial charge in [0.25, 0.3) is 10.2 Å². The smallest absolute Gasteiger partial charge is 0.300 e. The molecule has 0 bridgehead atoms. The molecule has 3 N–H and O–H groups in total. The minimum Gasteiger partial charge on any atom is -0.474 e. The van der Waals surface area contributed by atoms with Crippen LogP contribution in [0.4, 0.5) is 5.82 Å². The quantitative estimate of drug-likeness (QED) is 0.457. The van der Waals surface area contributed by atoms with Gasteiger partial charge in [0.15, 0.2) is 5.82 Å². The molecule has 11 heteroatoms. The topological polar surface area (TPSA) is 123 Å². The molecule has 126 valence electrons. The highest BCUT2D eigenvalue weighted by atomic mass is 79.9. The summed E-state index contributed by atoms with van der Waals surface area (Å²) in [6.07, 6.45) is 1.72. The lowest BCUT2D eigenvalue weighted by atomic mass is 10.5. The van der Waals surface area contributed by atoms with E-state index in [1.807, 2.05) is 6.92 Å². The Morgan fingerprint density at radius 2 is 2.14 bits per heavy atom. The highest BCUT2D eigenvalue weighted by Gasteiger charge is 2.16. The number of nitrogens with zero attached hydrogens (tertiary/aromatic N) is 2. The summed E-state index contributed by atoms with van der Waals surface area (Å²) in [6.45, 7) is 3.04. The van der Waals surface area contributed by atoms with Crippen molar-refractivity contribution in [1.82, 2.24) is 14.7 Å². The third-order valence-electron chi connectivity index (χ3n) is 2.28. The summed E-state index contributed by atoms with van der Waals surface area (Å²) in [4.78, 5) is 7.67. The molecule has 0 saturated heterocycles. The number of nitrogens with one attached hydrogen (secondary N) is 2. The molecule has 0 atom stereocenters. The zero-order chi connectivity index (χ0) is 16.4. The zero-order valence-electron chi connectivity index (χ0n) is 12.1. The number of ether oxygens (including phenoxy) is 2. The highest BCUT2D eigenvalue weighted by Crippen LogP contribution is 2.28. The van der Waals surface area contributed by atoms with Crippen molar-refractivity contribution in [2.45, 2.75) is 13.3 Å². The molecule has 1 heterocycles. The standard InChI is InChI=1S/C11H19BrN4O5S/c1-2-20-6-3-4-15-22(18,19)16-10-9(12)11(14-8-13-10)21-7-5-17/h8,15,17H,2-7H2,1H3,(H,13,14,16). The second-order valence-corrected chi connectivity index (χ2v) is 6.26. The largest absolute Gasteiger partial charge is 0.474 e. The molecule has 0 unspecified atom stereocenters. The van der Waals surface area contributed by atoms with Crippen LogP contribution in [0.3, 0.4) is 0 Å². The van der Waals surface area contributed by atoms with Gasteiger partial charge in [-0.15, -0.1) is 0 Å². The van der Waals surface area contributed by atoms with E-state index in [2.05, 4.69) is 35.3 Å². The van der Waals surface area contributed by atoms with Gasteiger partial charge < -0.3 is 14.6 Å². The van der Waals surface area contributed by atoms with E-state index in [0.717, 1.165) is 6.33 Å². The Morgan fingerprint density at radius 1 is 1.36 bits per heavy atom. The second kappa shape index (κ2) is 9.90. The number of aliphatic hydroxyl groups excluding tert-OH is 1. The number of halogens is 1. The summed E-state index contributed by atoms with van der Waals surface area (Å²) in [5.74, 6) is 0.179. The Bertz CT molecular complexity index is 557. The lowest BCUT2D eigenvalue weighted by Crippen LogP contribution is -2.32. The van der Waals surface area contributed by atoms with E-state index in [1.165, 1.54) is 0 Å². The van der Waals surface area contributed by atoms with Gasteiger partial charge in [-0.1, -0.05) is 0 Å². The van der Waals surface area contributed by atoms with E-state index < -0.39 is 10.2 Å². The molecule has 22 heavy (non-hydrogen) atoms. The average molecular weight is 399 g/mol. The van der Waals surface area contributed by atoms with Crippen molar-refractivity contribution < 1.29 is 23.0 Å². The fourth-order valence-electron chi connectivity index (χ4n) is 1.36. The molecule has 0 aliphatic rings. The molecule has 1 aromatic heterocycles. The summed E-state index contributed by atoms with van der Waals surface area (Å²) in [5, 5.41) is 8.72. The van der Waals surface area contributed by atoms with E-state index in [1.54, 1.807) is 0 Å². The molecular formula is C11H19BrN4O5S. The van der Waals surface area contributed by atoms with Crippen LogP contribution < -0.4 is 14.2 Å². The first kappa shape index (κ1) is 19.0. The minimum atomic E-state index is -3.76. The Kier molecular flexibility index (Phi) is 8.56. The first-order valence-corrected chi connectivity index (χ1v) is 8.87. The summed E-state index contributed by atoms with van der Waals surface area (Å²) in [5.41, 5.74) is 0. The Labute approximate surface area is 137 Å². The summed E-state index contributed by atoms with van der Waals surface area (Å²) in [7, 11) is -3.76. The van der Waals surface area contributed by atoms with Crippen LogP contribution in [0, 0.1) is 0 Å². The van der Waals surface area contributed by atoms with Crippen LogP contribution in [0.15, 0.2) is 10.8 Å². The molecule has 9 nitrogen and oxygen atoms in total. The fourth-order valence-corrected chi connectivity index (χ4v) is 2.80. The van der Waals surface area contributed by atoms with Gasteiger partial charge in [-0.2, -0.15) is 13.1 Å². The minimum absolute atomic E-state index is 0.0392. The predicted octanol–water partition coefficient (Wildman–Crippen LogP) is 0.283. The normalized spacial score (nSPS) is 11.4. The van der Waals surface area contributed by atoms with Gasteiger partial charge in [-0.3, -0.25) is 4.72 Å². The van der Waals surface area contributed by atoms with Crippen molar-refractivity contribution in [3.05, 3.63) is 10.8 Å². The summed E-state index contributed by atoms with van der Waals surface area (Å²) < 4.78 is 38.9. The SMILES string of the molecule is CCOCCCNS(=O)(=O)Nc1ncnc(OCCO)c1Br. The van der Waals surface area contributed by atoms with Crippen LogP contribution in [-0.2, 0) is 14.9 Å². The Hall–Kier alpha value is -1.01. The molecule has 0 radical (unpaired) electrons. The van der Waals surface area contributed by atoms with E-state index in [0.29, 0.717) is 19.6 Å². The number of aliphatic hydroxyl groups is 1. The lowest BCUT2D eigenvalue weighted by molar-refractivity contribution is 0.146. The summed E-state index contributed by atoms with van der Waals surface area (Å²) in [6, 6.07) is 0. The number of rotatable bonds is 11. The molecule has 0 aliphatic heterocycles. The van der Waals surface area contributed by atoms with Gasteiger partial charge in [0.1, 0.15) is 17.4 Å². The van der Waals surface area contributed by atoms with Crippen molar-refractivity contribution in [1.29, 1.82) is 0 Å². The van der Waals surface area contributed by atoms with Gasteiger partial charge in [0.2, 0.25) is 5.88 Å². The average Bonchev–Trinajstić information content (AvgIpc) is 2.48. The van der Waals surface area contributed by atoms with Crippen molar-refractivity contribution in [3.63, 3.8) is 0 Å². The van der Waals surface area contributed by atoms with Gasteiger partial charge in [0, 0.05) is 19.8 Å². The molecule has 1 aromatic rings. The number of hydrogen-bond donors (Lipinski definition) is 3. The summed E-state index contributed by atoms with van der Waals surface area (Å²) >= 11 is 3.16.